The Hall–Kier alpha value is -2.79. The van der Waals surface area contributed by atoms with E-state index in [4.69, 9.17) is 18.9 Å². The molecule has 5 heteroatoms. The molecule has 0 N–H and O–H groups in total. The lowest BCUT2D eigenvalue weighted by Gasteiger charge is -2.23. The zero-order valence-corrected chi connectivity index (χ0v) is 20.5. The summed E-state index contributed by atoms with van der Waals surface area (Å²) in [4.78, 5) is 12.4. The fraction of sp³-hybridized carbons (Fsp3) is 0.464. The summed E-state index contributed by atoms with van der Waals surface area (Å²) < 4.78 is 23.1. The Morgan fingerprint density at radius 3 is 2.45 bits per heavy atom. The Morgan fingerprint density at radius 2 is 1.82 bits per heavy atom. The van der Waals surface area contributed by atoms with E-state index >= 15 is 0 Å². The number of rotatable bonds is 8. The van der Waals surface area contributed by atoms with Gasteiger partial charge in [-0.05, 0) is 82.4 Å². The van der Waals surface area contributed by atoms with Crippen LogP contribution in [0, 0.1) is 0 Å². The summed E-state index contributed by atoms with van der Waals surface area (Å²) in [5.74, 6) is 1.22. The largest absolute Gasteiger partial charge is 0.493 e. The Balaban J connectivity index is 1.79. The third-order valence-electron chi connectivity index (χ3n) is 5.16. The maximum absolute atomic E-state index is 12.4. The van der Waals surface area contributed by atoms with Crippen LogP contribution < -0.4 is 9.47 Å². The van der Waals surface area contributed by atoms with Crippen molar-refractivity contribution in [3.05, 3.63) is 53.6 Å². The molecule has 2 aromatic carbocycles. The summed E-state index contributed by atoms with van der Waals surface area (Å²) >= 11 is 0. The first-order valence-corrected chi connectivity index (χ1v) is 11.8. The first kappa shape index (κ1) is 24.8. The fourth-order valence-electron chi connectivity index (χ4n) is 3.50. The van der Waals surface area contributed by atoms with Crippen LogP contribution in [0.25, 0.3) is 17.2 Å². The topological polar surface area (TPSA) is 54.0 Å². The summed E-state index contributed by atoms with van der Waals surface area (Å²) in [5, 5.41) is 0. The van der Waals surface area contributed by atoms with Gasteiger partial charge in [-0.15, -0.1) is 0 Å². The highest BCUT2D eigenvalue weighted by Crippen LogP contribution is 2.31. The molecule has 1 fully saturated rings. The standard InChI is InChI=1S/C28H36O5/c1-6-16-30-25-19-22(10-11-23(25)18-20(2)27(29)33-28(3,4)5)21-12-14-24(15-13-21)32-26-9-7-8-17-31-26/h10-15,18-19,26H,6-9,16-17H2,1-5H3/b20-18+. The van der Waals surface area contributed by atoms with Crippen LogP contribution in [0.15, 0.2) is 48.0 Å². The van der Waals surface area contributed by atoms with Crippen molar-refractivity contribution in [2.24, 2.45) is 0 Å². The molecule has 1 aliphatic rings. The molecule has 1 saturated heterocycles. The average molecular weight is 453 g/mol. The lowest BCUT2D eigenvalue weighted by Crippen LogP contribution is -2.24. The van der Waals surface area contributed by atoms with Gasteiger partial charge in [-0.25, -0.2) is 4.79 Å². The number of carbonyl (C=O) groups is 1. The molecule has 178 valence electrons. The molecule has 0 aliphatic carbocycles. The molecule has 0 amide bonds. The first-order valence-electron chi connectivity index (χ1n) is 11.8. The monoisotopic (exact) mass is 452 g/mol. The van der Waals surface area contributed by atoms with Crippen LogP contribution in [0.5, 0.6) is 11.5 Å². The number of benzene rings is 2. The van der Waals surface area contributed by atoms with Crippen molar-refractivity contribution in [2.75, 3.05) is 13.2 Å². The van der Waals surface area contributed by atoms with E-state index in [0.29, 0.717) is 12.2 Å². The van der Waals surface area contributed by atoms with E-state index in [1.165, 1.54) is 0 Å². The van der Waals surface area contributed by atoms with E-state index in [9.17, 15) is 4.79 Å². The summed E-state index contributed by atoms with van der Waals surface area (Å²) in [6.07, 6.45) is 5.73. The molecule has 0 radical (unpaired) electrons. The van der Waals surface area contributed by atoms with Gasteiger partial charge in [0, 0.05) is 17.6 Å². The first-order chi connectivity index (χ1) is 15.7. The fourth-order valence-corrected chi connectivity index (χ4v) is 3.50. The lowest BCUT2D eigenvalue weighted by atomic mass is 10.0. The number of hydrogen-bond acceptors (Lipinski definition) is 5. The lowest BCUT2D eigenvalue weighted by molar-refractivity contribution is -0.149. The molecule has 5 nitrogen and oxygen atoms in total. The van der Waals surface area contributed by atoms with E-state index in [2.05, 4.69) is 6.92 Å². The van der Waals surface area contributed by atoms with Crippen LogP contribution in [0.1, 0.15) is 65.9 Å². The van der Waals surface area contributed by atoms with Crippen LogP contribution in [-0.2, 0) is 14.3 Å². The van der Waals surface area contributed by atoms with Gasteiger partial charge in [-0.3, -0.25) is 0 Å². The number of hydrogen-bond donors (Lipinski definition) is 0. The zero-order chi connectivity index (χ0) is 23.8. The molecule has 1 unspecified atom stereocenters. The zero-order valence-electron chi connectivity index (χ0n) is 20.5. The molecular weight excluding hydrogens is 416 g/mol. The maximum atomic E-state index is 12.4. The second-order valence-corrected chi connectivity index (χ2v) is 9.37. The molecule has 2 aromatic rings. The normalized spacial score (nSPS) is 16.9. The number of esters is 1. The molecule has 1 heterocycles. The van der Waals surface area contributed by atoms with Crippen LogP contribution in [-0.4, -0.2) is 31.1 Å². The average Bonchev–Trinajstić information content (AvgIpc) is 2.78. The molecule has 0 saturated carbocycles. The van der Waals surface area contributed by atoms with Gasteiger partial charge in [0.2, 0.25) is 0 Å². The van der Waals surface area contributed by atoms with Gasteiger partial charge in [0.1, 0.15) is 17.1 Å². The molecule has 0 aromatic heterocycles. The van der Waals surface area contributed by atoms with Crippen molar-refractivity contribution in [1.82, 2.24) is 0 Å². The van der Waals surface area contributed by atoms with E-state index < -0.39 is 5.60 Å². The van der Waals surface area contributed by atoms with Gasteiger partial charge in [-0.1, -0.05) is 31.2 Å². The van der Waals surface area contributed by atoms with Gasteiger partial charge in [0.05, 0.1) is 13.2 Å². The minimum absolute atomic E-state index is 0.155. The van der Waals surface area contributed by atoms with Crippen molar-refractivity contribution in [2.45, 2.75) is 72.2 Å². The SMILES string of the molecule is CCCOc1cc(-c2ccc(OC3CCCCO3)cc2)ccc1/C=C(\C)C(=O)OC(C)(C)C. The maximum Gasteiger partial charge on any atom is 0.334 e. The molecule has 33 heavy (non-hydrogen) atoms. The summed E-state index contributed by atoms with van der Waals surface area (Å²) in [5.41, 5.74) is 2.95. The second kappa shape index (κ2) is 11.4. The van der Waals surface area contributed by atoms with E-state index in [1.807, 2.05) is 69.3 Å². The molecule has 0 bridgehead atoms. The van der Waals surface area contributed by atoms with Crippen molar-refractivity contribution in [3.8, 4) is 22.6 Å². The second-order valence-electron chi connectivity index (χ2n) is 9.37. The van der Waals surface area contributed by atoms with Crippen LogP contribution >= 0.6 is 0 Å². The Kier molecular flexibility index (Phi) is 8.56. The highest BCUT2D eigenvalue weighted by molar-refractivity contribution is 5.93. The number of carbonyl (C=O) groups excluding carboxylic acids is 1. The summed E-state index contributed by atoms with van der Waals surface area (Å²) in [6.45, 7) is 10.8. The van der Waals surface area contributed by atoms with Crippen molar-refractivity contribution < 1.29 is 23.7 Å². The van der Waals surface area contributed by atoms with Crippen molar-refractivity contribution in [1.29, 1.82) is 0 Å². The summed E-state index contributed by atoms with van der Waals surface area (Å²) in [6, 6.07) is 14.1. The predicted octanol–water partition coefficient (Wildman–Crippen LogP) is 6.79. The molecule has 1 atom stereocenters. The van der Waals surface area contributed by atoms with Gasteiger partial charge >= 0.3 is 5.97 Å². The Bertz CT molecular complexity index is 947. The molecule has 3 rings (SSSR count). The molecule has 0 spiro atoms. The minimum Gasteiger partial charge on any atom is -0.493 e. The van der Waals surface area contributed by atoms with Crippen LogP contribution in [0.2, 0.25) is 0 Å². The van der Waals surface area contributed by atoms with Crippen molar-refractivity contribution in [3.63, 3.8) is 0 Å². The third kappa shape index (κ3) is 7.64. The van der Waals surface area contributed by atoms with Gasteiger partial charge in [0.15, 0.2) is 6.29 Å². The van der Waals surface area contributed by atoms with Gasteiger partial charge < -0.3 is 18.9 Å². The quantitative estimate of drug-likeness (QED) is 0.326. The van der Waals surface area contributed by atoms with E-state index in [-0.39, 0.29) is 12.3 Å². The van der Waals surface area contributed by atoms with Crippen LogP contribution in [0.3, 0.4) is 0 Å². The smallest absolute Gasteiger partial charge is 0.334 e. The Labute approximate surface area is 197 Å². The molecular formula is C28H36O5. The van der Waals surface area contributed by atoms with Gasteiger partial charge in [-0.2, -0.15) is 0 Å². The van der Waals surface area contributed by atoms with E-state index in [1.54, 1.807) is 6.92 Å². The van der Waals surface area contributed by atoms with Gasteiger partial charge in [0.25, 0.3) is 0 Å². The predicted molar refractivity (Wildman–Crippen MR) is 131 cm³/mol. The molecule has 1 aliphatic heterocycles. The minimum atomic E-state index is -0.531. The highest BCUT2D eigenvalue weighted by atomic mass is 16.7. The third-order valence-corrected chi connectivity index (χ3v) is 5.16. The van der Waals surface area contributed by atoms with E-state index in [0.717, 1.165) is 60.5 Å². The van der Waals surface area contributed by atoms with Crippen LogP contribution in [0.4, 0.5) is 0 Å². The summed E-state index contributed by atoms with van der Waals surface area (Å²) in [7, 11) is 0. The Morgan fingerprint density at radius 1 is 1.09 bits per heavy atom. The number of ether oxygens (including phenoxy) is 4. The highest BCUT2D eigenvalue weighted by Gasteiger charge is 2.18. The van der Waals surface area contributed by atoms with Crippen molar-refractivity contribution >= 4 is 12.0 Å².